The lowest BCUT2D eigenvalue weighted by atomic mass is 9.47. The van der Waals surface area contributed by atoms with Crippen molar-refractivity contribution < 1.29 is 19.7 Å². The van der Waals surface area contributed by atoms with Gasteiger partial charge < -0.3 is 24.7 Å². The first kappa shape index (κ1) is 22.6. The number of ether oxygens (including phenoxy) is 1. The number of carbonyl (C=O) groups excluding carboxylic acids is 1. The van der Waals surface area contributed by atoms with Gasteiger partial charge in [-0.15, -0.1) is 0 Å². The van der Waals surface area contributed by atoms with Gasteiger partial charge in [0, 0.05) is 24.7 Å². The highest BCUT2D eigenvalue weighted by molar-refractivity contribution is 5.92. The van der Waals surface area contributed by atoms with Crippen LogP contribution in [0.3, 0.4) is 0 Å². The van der Waals surface area contributed by atoms with Crippen LogP contribution in [0.15, 0.2) is 42.5 Å². The largest absolute Gasteiger partial charge is 0.504 e. The number of phenolic OH excluding ortho intramolecular Hbond substituents is 1. The van der Waals surface area contributed by atoms with Crippen molar-refractivity contribution in [2.75, 3.05) is 20.6 Å². The second-order valence-electron chi connectivity index (χ2n) is 11.2. The van der Waals surface area contributed by atoms with Gasteiger partial charge in [0.2, 0.25) is 5.91 Å². The summed E-state index contributed by atoms with van der Waals surface area (Å²) < 4.78 is 6.60. The maximum atomic E-state index is 13.4. The summed E-state index contributed by atoms with van der Waals surface area (Å²) in [5.41, 5.74) is 2.63. The third-order valence-corrected chi connectivity index (χ3v) is 9.31. The summed E-state index contributed by atoms with van der Waals surface area (Å²) in [6, 6.07) is 11.5. The maximum absolute atomic E-state index is 13.4. The van der Waals surface area contributed by atoms with E-state index in [9.17, 15) is 15.0 Å². The van der Waals surface area contributed by atoms with Crippen LogP contribution in [0.25, 0.3) is 6.08 Å². The number of benzene rings is 2. The SMILES string of the molecule is Cc1cccc(C=CC(=O)N(C)[C@@H]2[C@H](C)C[C@@]3(O)[C@H]4Cc5ccc(O)c6c5[C@@]3(CCN4C)[C@H]2O6)c1. The number of carbonyl (C=O) groups is 1. The molecule has 0 radical (unpaired) electrons. The molecular weight excluding hydrogens is 440 g/mol. The zero-order valence-corrected chi connectivity index (χ0v) is 20.9. The van der Waals surface area contributed by atoms with Crippen LogP contribution in [0.4, 0.5) is 0 Å². The Kier molecular flexibility index (Phi) is 4.90. The highest BCUT2D eigenvalue weighted by Gasteiger charge is 2.74. The van der Waals surface area contributed by atoms with Crippen molar-refractivity contribution in [1.82, 2.24) is 9.80 Å². The zero-order valence-electron chi connectivity index (χ0n) is 20.9. The molecule has 0 aromatic heterocycles. The molecule has 1 amide bonds. The number of aliphatic hydroxyl groups is 1. The number of piperidine rings is 1. The zero-order chi connectivity index (χ0) is 24.7. The molecular formula is C29H34N2O4. The van der Waals surface area contributed by atoms with E-state index in [0.717, 1.165) is 41.6 Å². The minimum atomic E-state index is -0.978. The second kappa shape index (κ2) is 7.58. The molecule has 184 valence electrons. The molecule has 2 aliphatic heterocycles. The lowest BCUT2D eigenvalue weighted by Gasteiger charge is -2.65. The average Bonchev–Trinajstić information content (AvgIpc) is 3.16. The first-order valence-corrected chi connectivity index (χ1v) is 12.6. The van der Waals surface area contributed by atoms with Gasteiger partial charge in [-0.25, -0.2) is 0 Å². The summed E-state index contributed by atoms with van der Waals surface area (Å²) in [6.45, 7) is 4.99. The molecule has 2 heterocycles. The smallest absolute Gasteiger partial charge is 0.246 e. The summed E-state index contributed by atoms with van der Waals surface area (Å²) in [5, 5.41) is 23.2. The first-order chi connectivity index (χ1) is 16.7. The molecule has 2 aliphatic carbocycles. The average molecular weight is 475 g/mol. The Balaban J connectivity index is 1.41. The Hall–Kier alpha value is -2.83. The minimum absolute atomic E-state index is 0.0176. The van der Waals surface area contributed by atoms with Crippen molar-refractivity contribution in [3.8, 4) is 11.5 Å². The van der Waals surface area contributed by atoms with E-state index in [-0.39, 0.29) is 29.7 Å². The number of aromatic hydroxyl groups is 1. The first-order valence-electron chi connectivity index (χ1n) is 12.6. The van der Waals surface area contributed by atoms with Gasteiger partial charge in [0.15, 0.2) is 11.5 Å². The fourth-order valence-corrected chi connectivity index (χ4v) is 7.79. The summed E-state index contributed by atoms with van der Waals surface area (Å²) in [7, 11) is 3.93. The lowest BCUT2D eigenvalue weighted by Crippen LogP contribution is -2.79. The van der Waals surface area contributed by atoms with Crippen LogP contribution < -0.4 is 4.74 Å². The number of amides is 1. The molecule has 6 heteroatoms. The molecule has 2 N–H and O–H groups in total. The van der Waals surface area contributed by atoms with Crippen molar-refractivity contribution in [3.05, 3.63) is 64.7 Å². The number of hydrogen-bond donors (Lipinski definition) is 2. The molecule has 6 nitrogen and oxygen atoms in total. The van der Waals surface area contributed by atoms with Crippen LogP contribution in [-0.2, 0) is 16.6 Å². The standard InChI is InChI=1S/C29H34N2O4/c1-17-6-5-7-19(14-17)8-11-23(33)31(4)25-18(2)16-29(34)22-15-20-9-10-21(32)26-24(20)28(29,27(25)35-26)12-13-30(22)3/h5-11,14,18,22,25,27,32,34H,12-13,15-16H2,1-4H3/t18-,22-,25-,27+,28+,29-/m1/s1. The highest BCUT2D eigenvalue weighted by Crippen LogP contribution is 2.66. The minimum Gasteiger partial charge on any atom is -0.504 e. The van der Waals surface area contributed by atoms with Crippen molar-refractivity contribution in [3.63, 3.8) is 0 Å². The number of likely N-dealkylation sites (N-methyl/N-ethyl adjacent to an activating group) is 2. The van der Waals surface area contributed by atoms with E-state index >= 15 is 0 Å². The third-order valence-electron chi connectivity index (χ3n) is 9.31. The van der Waals surface area contributed by atoms with Gasteiger partial charge in [-0.1, -0.05) is 42.8 Å². The summed E-state index contributed by atoms with van der Waals surface area (Å²) in [4.78, 5) is 17.5. The van der Waals surface area contributed by atoms with Crippen LogP contribution in [0, 0.1) is 12.8 Å². The van der Waals surface area contributed by atoms with Crippen molar-refractivity contribution in [2.24, 2.45) is 5.92 Å². The van der Waals surface area contributed by atoms with Crippen LogP contribution in [0.1, 0.15) is 42.0 Å². The van der Waals surface area contributed by atoms with Gasteiger partial charge >= 0.3 is 0 Å². The Morgan fingerprint density at radius 2 is 2.09 bits per heavy atom. The van der Waals surface area contributed by atoms with E-state index in [4.69, 9.17) is 4.74 Å². The number of rotatable bonds is 3. The Morgan fingerprint density at radius 1 is 1.29 bits per heavy atom. The lowest BCUT2D eigenvalue weighted by molar-refractivity contribution is -0.208. The van der Waals surface area contributed by atoms with E-state index in [1.807, 2.05) is 50.4 Å². The molecule has 1 spiro atoms. The molecule has 0 unspecified atom stereocenters. The highest BCUT2D eigenvalue weighted by atomic mass is 16.5. The number of hydrogen-bond acceptors (Lipinski definition) is 5. The van der Waals surface area contributed by atoms with E-state index in [2.05, 4.69) is 18.9 Å². The van der Waals surface area contributed by atoms with Gasteiger partial charge in [0.1, 0.15) is 6.10 Å². The van der Waals surface area contributed by atoms with Gasteiger partial charge in [-0.05, 0) is 69.0 Å². The number of likely N-dealkylation sites (tertiary alicyclic amines) is 1. The fraction of sp³-hybridized carbons (Fsp3) is 0.483. The Bertz CT molecular complexity index is 1240. The van der Waals surface area contributed by atoms with E-state index < -0.39 is 17.1 Å². The molecule has 35 heavy (non-hydrogen) atoms. The van der Waals surface area contributed by atoms with Crippen LogP contribution in [0.2, 0.25) is 0 Å². The van der Waals surface area contributed by atoms with Gasteiger partial charge in [0.25, 0.3) is 0 Å². The molecule has 4 aliphatic rings. The van der Waals surface area contributed by atoms with Gasteiger partial charge in [-0.2, -0.15) is 0 Å². The van der Waals surface area contributed by atoms with Crippen LogP contribution in [-0.4, -0.2) is 70.3 Å². The predicted octanol–water partition coefficient (Wildman–Crippen LogP) is 3.27. The molecule has 2 aromatic carbocycles. The molecule has 2 aromatic rings. The summed E-state index contributed by atoms with van der Waals surface area (Å²) >= 11 is 0. The van der Waals surface area contributed by atoms with E-state index in [1.165, 1.54) is 0 Å². The maximum Gasteiger partial charge on any atom is 0.246 e. The van der Waals surface area contributed by atoms with Crippen LogP contribution in [0.5, 0.6) is 11.5 Å². The molecule has 1 saturated carbocycles. The summed E-state index contributed by atoms with van der Waals surface area (Å²) in [5.74, 6) is 0.553. The second-order valence-corrected chi connectivity index (χ2v) is 11.2. The quantitative estimate of drug-likeness (QED) is 0.668. The topological polar surface area (TPSA) is 73.2 Å². The number of aryl methyl sites for hydroxylation is 1. The van der Waals surface area contributed by atoms with E-state index in [0.29, 0.717) is 12.2 Å². The number of phenols is 1. The van der Waals surface area contributed by atoms with Crippen molar-refractivity contribution in [1.29, 1.82) is 0 Å². The normalized spacial score (nSPS) is 35.0. The van der Waals surface area contributed by atoms with Crippen molar-refractivity contribution >= 4 is 12.0 Å². The predicted molar refractivity (Wildman–Crippen MR) is 134 cm³/mol. The Labute approximate surface area is 206 Å². The molecule has 6 atom stereocenters. The van der Waals surface area contributed by atoms with Crippen LogP contribution >= 0.6 is 0 Å². The Morgan fingerprint density at radius 3 is 2.86 bits per heavy atom. The third kappa shape index (κ3) is 2.93. The van der Waals surface area contributed by atoms with E-state index in [1.54, 1.807) is 17.0 Å². The summed E-state index contributed by atoms with van der Waals surface area (Å²) in [6.07, 6.45) is 5.11. The van der Waals surface area contributed by atoms with Crippen molar-refractivity contribution in [2.45, 2.75) is 62.3 Å². The number of nitrogens with zero attached hydrogens (tertiary/aromatic N) is 2. The van der Waals surface area contributed by atoms with Gasteiger partial charge in [0.05, 0.1) is 17.1 Å². The molecule has 2 fully saturated rings. The fourth-order valence-electron chi connectivity index (χ4n) is 7.79. The molecule has 6 rings (SSSR count). The van der Waals surface area contributed by atoms with Gasteiger partial charge in [-0.3, -0.25) is 4.79 Å². The molecule has 1 saturated heterocycles. The monoisotopic (exact) mass is 474 g/mol. The molecule has 2 bridgehead atoms.